The van der Waals surface area contributed by atoms with Gasteiger partial charge in [-0.25, -0.2) is 8.42 Å². The topological polar surface area (TPSA) is 80.2 Å². The number of aromatic nitrogens is 1. The van der Waals surface area contributed by atoms with E-state index in [0.717, 1.165) is 33.9 Å². The quantitative estimate of drug-likeness (QED) is 0.304. The van der Waals surface area contributed by atoms with Crippen LogP contribution in [0.3, 0.4) is 0 Å². The molecule has 0 saturated heterocycles. The van der Waals surface area contributed by atoms with Gasteiger partial charge in [-0.2, -0.15) is 4.72 Å². The number of rotatable bonds is 8. The van der Waals surface area contributed by atoms with E-state index in [0.29, 0.717) is 5.69 Å². The summed E-state index contributed by atoms with van der Waals surface area (Å²) in [6.07, 6.45) is 0.218. The fourth-order valence-electron chi connectivity index (χ4n) is 4.59. The number of hydrogen-bond donors (Lipinski definition) is 2. The normalized spacial score (nSPS) is 12.6. The number of benzene rings is 4. The molecule has 0 saturated carbocycles. The van der Waals surface area contributed by atoms with E-state index in [9.17, 15) is 13.2 Å². The molecule has 1 amide bonds. The van der Waals surface area contributed by atoms with Crippen LogP contribution < -0.4 is 10.0 Å². The molecule has 36 heavy (non-hydrogen) atoms. The number of nitrogens with one attached hydrogen (secondary N) is 2. The Hall–Kier alpha value is -3.94. The predicted octanol–water partition coefficient (Wildman–Crippen LogP) is 5.34. The van der Waals surface area contributed by atoms with Gasteiger partial charge in [0.25, 0.3) is 0 Å². The molecule has 0 aliphatic rings. The Balaban J connectivity index is 1.47. The van der Waals surface area contributed by atoms with Crippen molar-refractivity contribution in [3.05, 3.63) is 109 Å². The second kappa shape index (κ2) is 9.97. The van der Waals surface area contributed by atoms with Crippen LogP contribution in [-0.2, 0) is 27.8 Å². The molecular weight excluding hydrogens is 470 g/mol. The third-order valence-corrected chi connectivity index (χ3v) is 7.79. The Labute approximate surface area is 210 Å². The van der Waals surface area contributed by atoms with Gasteiger partial charge in [-0.3, -0.25) is 4.79 Å². The highest BCUT2D eigenvalue weighted by atomic mass is 32.2. The van der Waals surface area contributed by atoms with E-state index in [1.165, 1.54) is 12.1 Å². The zero-order valence-corrected chi connectivity index (χ0v) is 20.7. The Morgan fingerprint density at radius 2 is 1.44 bits per heavy atom. The molecule has 0 radical (unpaired) electrons. The number of anilines is 1. The molecule has 7 heteroatoms. The highest BCUT2D eigenvalue weighted by Crippen LogP contribution is 2.31. The number of nitrogens with zero attached hydrogens (tertiary/aromatic N) is 1. The van der Waals surface area contributed by atoms with Crippen LogP contribution in [0.1, 0.15) is 12.5 Å². The van der Waals surface area contributed by atoms with Gasteiger partial charge < -0.3 is 9.88 Å². The molecule has 1 heterocycles. The lowest BCUT2D eigenvalue weighted by atomic mass is 10.1. The average molecular weight is 498 g/mol. The first-order valence-corrected chi connectivity index (χ1v) is 13.4. The summed E-state index contributed by atoms with van der Waals surface area (Å²) in [6.45, 7) is 2.94. The first-order valence-electron chi connectivity index (χ1n) is 11.9. The van der Waals surface area contributed by atoms with E-state index in [1.54, 1.807) is 18.2 Å². The molecule has 0 aliphatic heterocycles. The van der Waals surface area contributed by atoms with Crippen molar-refractivity contribution in [3.63, 3.8) is 0 Å². The molecule has 1 atom stereocenters. The van der Waals surface area contributed by atoms with Gasteiger partial charge in [0, 0.05) is 34.0 Å². The number of para-hydroxylation sites is 1. The number of fused-ring (bicyclic) bond motifs is 3. The van der Waals surface area contributed by atoms with Crippen LogP contribution in [0.15, 0.2) is 108 Å². The van der Waals surface area contributed by atoms with Gasteiger partial charge in [0.15, 0.2) is 0 Å². The molecule has 5 aromatic rings. The predicted molar refractivity (Wildman–Crippen MR) is 144 cm³/mol. The summed E-state index contributed by atoms with van der Waals surface area (Å²) in [6, 6.07) is 30.4. The first kappa shape index (κ1) is 23.8. The number of aryl methyl sites for hydroxylation is 1. The van der Waals surface area contributed by atoms with Crippen molar-refractivity contribution >= 4 is 43.4 Å². The SMILES string of the molecule is CCn1c2ccccc2c2cc(NC(=O)[C@@H](Cc3ccccc3)NS(=O)(=O)c3ccccc3)ccc21. The minimum atomic E-state index is -3.89. The van der Waals surface area contributed by atoms with Gasteiger partial charge in [0.2, 0.25) is 15.9 Å². The molecule has 4 aromatic carbocycles. The number of carbonyl (C=O) groups is 1. The molecule has 0 unspecified atom stereocenters. The summed E-state index contributed by atoms with van der Waals surface area (Å²) in [5.41, 5.74) is 3.69. The maximum absolute atomic E-state index is 13.4. The Bertz CT molecular complexity index is 1630. The lowest BCUT2D eigenvalue weighted by Crippen LogP contribution is -2.45. The molecule has 182 valence electrons. The minimum Gasteiger partial charge on any atom is -0.341 e. The first-order chi connectivity index (χ1) is 17.5. The van der Waals surface area contributed by atoms with Crippen LogP contribution in [0.4, 0.5) is 5.69 Å². The summed E-state index contributed by atoms with van der Waals surface area (Å²) < 4.78 is 31.0. The van der Waals surface area contributed by atoms with Crippen molar-refractivity contribution in [1.82, 2.24) is 9.29 Å². The van der Waals surface area contributed by atoms with Crippen molar-refractivity contribution in [2.75, 3.05) is 5.32 Å². The largest absolute Gasteiger partial charge is 0.341 e. The van der Waals surface area contributed by atoms with Crippen molar-refractivity contribution < 1.29 is 13.2 Å². The van der Waals surface area contributed by atoms with E-state index in [4.69, 9.17) is 0 Å². The molecule has 0 spiro atoms. The highest BCUT2D eigenvalue weighted by Gasteiger charge is 2.26. The van der Waals surface area contributed by atoms with E-state index in [2.05, 4.69) is 33.7 Å². The van der Waals surface area contributed by atoms with Gasteiger partial charge in [-0.15, -0.1) is 0 Å². The molecule has 0 fully saturated rings. The molecular formula is C29H27N3O3S. The summed E-state index contributed by atoms with van der Waals surface area (Å²) >= 11 is 0. The average Bonchev–Trinajstić information content (AvgIpc) is 3.22. The van der Waals surface area contributed by atoms with Crippen LogP contribution in [0.25, 0.3) is 21.8 Å². The smallest absolute Gasteiger partial charge is 0.242 e. The lowest BCUT2D eigenvalue weighted by Gasteiger charge is -2.19. The van der Waals surface area contributed by atoms with E-state index >= 15 is 0 Å². The molecule has 6 nitrogen and oxygen atoms in total. The second-order valence-corrected chi connectivity index (χ2v) is 10.4. The van der Waals surface area contributed by atoms with Crippen molar-refractivity contribution in [2.45, 2.75) is 30.8 Å². The lowest BCUT2D eigenvalue weighted by molar-refractivity contribution is -0.117. The van der Waals surface area contributed by atoms with Gasteiger partial charge >= 0.3 is 0 Å². The standard InChI is InChI=1S/C29H27N3O3S/c1-2-32-27-16-10-9-15-24(27)25-20-22(17-18-28(25)32)30-29(33)26(19-21-11-5-3-6-12-21)31-36(34,35)23-13-7-4-8-14-23/h3-18,20,26,31H,2,19H2,1H3,(H,30,33)/t26-/m1/s1. The molecule has 0 aliphatic carbocycles. The van der Waals surface area contributed by atoms with Gasteiger partial charge in [0.1, 0.15) is 6.04 Å². The third-order valence-electron chi connectivity index (χ3n) is 6.31. The summed E-state index contributed by atoms with van der Waals surface area (Å²) in [5.74, 6) is -0.420. The molecule has 1 aromatic heterocycles. The summed E-state index contributed by atoms with van der Waals surface area (Å²) in [5, 5.41) is 5.09. The van der Waals surface area contributed by atoms with Crippen molar-refractivity contribution in [3.8, 4) is 0 Å². The van der Waals surface area contributed by atoms with Crippen LogP contribution in [-0.4, -0.2) is 24.9 Å². The third kappa shape index (κ3) is 4.76. The fraction of sp³-hybridized carbons (Fsp3) is 0.138. The maximum Gasteiger partial charge on any atom is 0.242 e. The molecule has 2 N–H and O–H groups in total. The van der Waals surface area contributed by atoms with Crippen LogP contribution in [0.5, 0.6) is 0 Å². The summed E-state index contributed by atoms with van der Waals surface area (Å²) in [7, 11) is -3.89. The van der Waals surface area contributed by atoms with Gasteiger partial charge in [-0.05, 0) is 55.3 Å². The van der Waals surface area contributed by atoms with Crippen LogP contribution in [0.2, 0.25) is 0 Å². The maximum atomic E-state index is 13.4. The zero-order chi connectivity index (χ0) is 25.1. The van der Waals surface area contributed by atoms with Crippen LogP contribution in [0, 0.1) is 0 Å². The zero-order valence-electron chi connectivity index (χ0n) is 19.9. The van der Waals surface area contributed by atoms with Gasteiger partial charge in [-0.1, -0.05) is 66.7 Å². The highest BCUT2D eigenvalue weighted by molar-refractivity contribution is 7.89. The van der Waals surface area contributed by atoms with Crippen LogP contribution >= 0.6 is 0 Å². The van der Waals surface area contributed by atoms with E-state index in [-0.39, 0.29) is 11.3 Å². The minimum absolute atomic E-state index is 0.115. The fourth-order valence-corrected chi connectivity index (χ4v) is 5.81. The van der Waals surface area contributed by atoms with Gasteiger partial charge in [0.05, 0.1) is 4.90 Å². The summed E-state index contributed by atoms with van der Waals surface area (Å²) in [4.78, 5) is 13.6. The Morgan fingerprint density at radius 3 is 2.17 bits per heavy atom. The molecule has 5 rings (SSSR count). The Morgan fingerprint density at radius 1 is 0.806 bits per heavy atom. The number of carbonyl (C=O) groups excluding carboxylic acids is 1. The second-order valence-electron chi connectivity index (χ2n) is 8.66. The number of amides is 1. The number of hydrogen-bond acceptors (Lipinski definition) is 3. The molecule has 0 bridgehead atoms. The monoisotopic (exact) mass is 497 g/mol. The number of sulfonamides is 1. The van der Waals surface area contributed by atoms with Crippen molar-refractivity contribution in [1.29, 1.82) is 0 Å². The van der Waals surface area contributed by atoms with E-state index < -0.39 is 22.0 Å². The van der Waals surface area contributed by atoms with E-state index in [1.807, 2.05) is 60.7 Å². The Kier molecular flexibility index (Phi) is 6.59. The van der Waals surface area contributed by atoms with Crippen molar-refractivity contribution in [2.24, 2.45) is 0 Å².